The van der Waals surface area contributed by atoms with Crippen molar-refractivity contribution in [3.05, 3.63) is 41.7 Å². The van der Waals surface area contributed by atoms with Crippen molar-refractivity contribution in [3.8, 4) is 0 Å². The first-order valence-electron chi connectivity index (χ1n) is 8.15. The minimum atomic E-state index is -4.61. The molecule has 3 rings (SSSR count). The third-order valence-electron chi connectivity index (χ3n) is 3.98. The molecular weight excluding hydrogens is 386 g/mol. The zero-order valence-corrected chi connectivity index (χ0v) is 14.9. The standard InChI is InChI=1S/C16H17F4N5OS/c17-10-1-3-12(4-2-10)27-9-11(21)7-14(26)24-5-6-25-13(8-24)22-15(23-25)16(18,19)20/h1-4,11H,5-9,21H2/t11-/m0/s1. The van der Waals surface area contributed by atoms with Gasteiger partial charge in [-0.05, 0) is 24.3 Å². The SMILES string of the molecule is N[C@H](CSc1ccc(F)cc1)CC(=O)N1CCn2nc(C(F)(F)F)nc2C1. The number of fused-ring (bicyclic) bond motifs is 1. The second-order valence-corrected chi connectivity index (χ2v) is 7.21. The molecule has 0 radical (unpaired) electrons. The summed E-state index contributed by atoms with van der Waals surface area (Å²) in [4.78, 5) is 18.1. The lowest BCUT2D eigenvalue weighted by Gasteiger charge is -2.27. The molecule has 27 heavy (non-hydrogen) atoms. The number of carbonyl (C=O) groups is 1. The molecular formula is C16H17F4N5OS. The van der Waals surface area contributed by atoms with Gasteiger partial charge in [0.05, 0.1) is 13.1 Å². The van der Waals surface area contributed by atoms with Crippen molar-refractivity contribution in [3.63, 3.8) is 0 Å². The van der Waals surface area contributed by atoms with E-state index in [9.17, 15) is 22.4 Å². The quantitative estimate of drug-likeness (QED) is 0.612. The van der Waals surface area contributed by atoms with Crippen LogP contribution in [0.1, 0.15) is 18.1 Å². The largest absolute Gasteiger partial charge is 0.453 e. The molecule has 0 saturated carbocycles. The van der Waals surface area contributed by atoms with Gasteiger partial charge in [0.1, 0.15) is 11.6 Å². The Hall–Kier alpha value is -2.14. The van der Waals surface area contributed by atoms with Crippen LogP contribution in [0.25, 0.3) is 0 Å². The van der Waals surface area contributed by atoms with Crippen LogP contribution in [0.15, 0.2) is 29.2 Å². The van der Waals surface area contributed by atoms with Gasteiger partial charge in [0.25, 0.3) is 5.82 Å². The van der Waals surface area contributed by atoms with Gasteiger partial charge in [0.2, 0.25) is 5.91 Å². The normalized spacial score (nSPS) is 15.5. The first-order chi connectivity index (χ1) is 12.7. The van der Waals surface area contributed by atoms with Crippen LogP contribution in [0.5, 0.6) is 0 Å². The highest BCUT2D eigenvalue weighted by atomic mass is 32.2. The van der Waals surface area contributed by atoms with Crippen LogP contribution in [0.4, 0.5) is 17.6 Å². The van der Waals surface area contributed by atoms with Crippen molar-refractivity contribution in [1.29, 1.82) is 0 Å². The number of amides is 1. The van der Waals surface area contributed by atoms with Gasteiger partial charge in [-0.1, -0.05) is 0 Å². The highest BCUT2D eigenvalue weighted by Gasteiger charge is 2.38. The molecule has 1 atom stereocenters. The zero-order valence-electron chi connectivity index (χ0n) is 14.1. The van der Waals surface area contributed by atoms with Crippen molar-refractivity contribution in [1.82, 2.24) is 19.7 Å². The van der Waals surface area contributed by atoms with Gasteiger partial charge in [-0.25, -0.2) is 14.1 Å². The summed E-state index contributed by atoms with van der Waals surface area (Å²) < 4.78 is 52.1. The molecule has 2 heterocycles. The molecule has 0 aliphatic carbocycles. The third-order valence-corrected chi connectivity index (χ3v) is 5.18. The first kappa shape index (κ1) is 19.6. The Balaban J connectivity index is 1.52. The topological polar surface area (TPSA) is 77.0 Å². The van der Waals surface area contributed by atoms with Crippen molar-refractivity contribution < 1.29 is 22.4 Å². The van der Waals surface area contributed by atoms with E-state index < -0.39 is 18.0 Å². The summed E-state index contributed by atoms with van der Waals surface area (Å²) in [6, 6.07) is 5.52. The lowest BCUT2D eigenvalue weighted by atomic mass is 10.2. The van der Waals surface area contributed by atoms with E-state index >= 15 is 0 Å². The summed E-state index contributed by atoms with van der Waals surface area (Å²) in [6.07, 6.45) is -4.55. The Morgan fingerprint density at radius 2 is 1.96 bits per heavy atom. The molecule has 1 amide bonds. The molecule has 2 N–H and O–H groups in total. The maximum Gasteiger partial charge on any atom is 0.453 e. The Morgan fingerprint density at radius 1 is 1.26 bits per heavy atom. The summed E-state index contributed by atoms with van der Waals surface area (Å²) in [7, 11) is 0. The van der Waals surface area contributed by atoms with E-state index in [0.717, 1.165) is 4.90 Å². The average Bonchev–Trinajstić information content (AvgIpc) is 3.05. The van der Waals surface area contributed by atoms with Gasteiger partial charge in [0.15, 0.2) is 0 Å². The average molecular weight is 403 g/mol. The fourth-order valence-electron chi connectivity index (χ4n) is 2.61. The van der Waals surface area contributed by atoms with Crippen molar-refractivity contribution in [2.75, 3.05) is 12.3 Å². The van der Waals surface area contributed by atoms with E-state index in [0.29, 0.717) is 5.75 Å². The number of rotatable bonds is 5. The Labute approximate surface area is 156 Å². The monoisotopic (exact) mass is 403 g/mol. The lowest BCUT2D eigenvalue weighted by Crippen LogP contribution is -2.41. The number of hydrogen-bond acceptors (Lipinski definition) is 5. The summed E-state index contributed by atoms with van der Waals surface area (Å²) in [5.74, 6) is -1.20. The summed E-state index contributed by atoms with van der Waals surface area (Å²) in [6.45, 7) is 0.383. The van der Waals surface area contributed by atoms with Gasteiger partial charge in [0, 0.05) is 29.7 Å². The van der Waals surface area contributed by atoms with Gasteiger partial charge >= 0.3 is 6.18 Å². The molecule has 0 unspecified atom stereocenters. The third kappa shape index (κ3) is 4.98. The zero-order chi connectivity index (χ0) is 19.6. The van der Waals surface area contributed by atoms with E-state index in [2.05, 4.69) is 10.1 Å². The number of hydrogen-bond donors (Lipinski definition) is 1. The maximum absolute atomic E-state index is 12.9. The molecule has 11 heteroatoms. The number of alkyl halides is 3. The molecule has 6 nitrogen and oxygen atoms in total. The van der Waals surface area contributed by atoms with Crippen molar-refractivity contribution in [2.24, 2.45) is 5.73 Å². The first-order valence-corrected chi connectivity index (χ1v) is 9.13. The van der Waals surface area contributed by atoms with Crippen LogP contribution >= 0.6 is 11.8 Å². The fraction of sp³-hybridized carbons (Fsp3) is 0.438. The Morgan fingerprint density at radius 3 is 2.63 bits per heavy atom. The summed E-state index contributed by atoms with van der Waals surface area (Å²) >= 11 is 1.41. The molecule has 1 aromatic carbocycles. The molecule has 0 bridgehead atoms. The van der Waals surface area contributed by atoms with Gasteiger partial charge < -0.3 is 10.6 Å². The molecule has 2 aromatic rings. The summed E-state index contributed by atoms with van der Waals surface area (Å²) in [5.41, 5.74) is 5.99. The molecule has 1 aliphatic rings. The minimum Gasteiger partial charge on any atom is -0.333 e. The number of carbonyl (C=O) groups excluding carboxylic acids is 1. The number of thioether (sulfide) groups is 1. The van der Waals surface area contributed by atoms with Crippen LogP contribution in [0.3, 0.4) is 0 Å². The molecule has 146 valence electrons. The smallest absolute Gasteiger partial charge is 0.333 e. The highest BCUT2D eigenvalue weighted by molar-refractivity contribution is 7.99. The van der Waals surface area contributed by atoms with Gasteiger partial charge in [-0.15, -0.1) is 16.9 Å². The summed E-state index contributed by atoms with van der Waals surface area (Å²) in [5, 5.41) is 3.43. The van der Waals surface area contributed by atoms with Crippen LogP contribution in [0.2, 0.25) is 0 Å². The predicted molar refractivity (Wildman–Crippen MR) is 90.2 cm³/mol. The van der Waals surface area contributed by atoms with Crippen LogP contribution in [-0.2, 0) is 24.1 Å². The number of nitrogens with two attached hydrogens (primary N) is 1. The van der Waals surface area contributed by atoms with Crippen molar-refractivity contribution >= 4 is 17.7 Å². The van der Waals surface area contributed by atoms with E-state index in [1.165, 1.54) is 33.5 Å². The maximum atomic E-state index is 12.9. The number of aromatic nitrogens is 3. The van der Waals surface area contributed by atoms with E-state index in [1.54, 1.807) is 12.1 Å². The molecule has 0 fully saturated rings. The number of benzene rings is 1. The Bertz CT molecular complexity index is 808. The Kier molecular flexibility index (Phi) is 5.70. The number of nitrogens with zero attached hydrogens (tertiary/aromatic N) is 4. The molecule has 0 saturated heterocycles. The molecule has 1 aliphatic heterocycles. The fourth-order valence-corrected chi connectivity index (χ4v) is 3.47. The van der Waals surface area contributed by atoms with Crippen LogP contribution < -0.4 is 5.73 Å². The second-order valence-electron chi connectivity index (χ2n) is 6.12. The van der Waals surface area contributed by atoms with Crippen LogP contribution in [0, 0.1) is 5.82 Å². The van der Waals surface area contributed by atoms with E-state index in [-0.39, 0.29) is 43.6 Å². The highest BCUT2D eigenvalue weighted by Crippen LogP contribution is 2.27. The van der Waals surface area contributed by atoms with Crippen molar-refractivity contribution in [2.45, 2.75) is 36.6 Å². The number of halogens is 4. The minimum absolute atomic E-state index is 0.0280. The molecule has 0 spiro atoms. The van der Waals surface area contributed by atoms with Gasteiger partial charge in [-0.2, -0.15) is 13.2 Å². The predicted octanol–water partition coefficient (Wildman–Crippen LogP) is 2.29. The van der Waals surface area contributed by atoms with Crippen LogP contribution in [-0.4, -0.2) is 43.9 Å². The lowest BCUT2D eigenvalue weighted by molar-refractivity contribution is -0.145. The molecule has 1 aromatic heterocycles. The van der Waals surface area contributed by atoms with Gasteiger partial charge in [-0.3, -0.25) is 4.79 Å². The second kappa shape index (κ2) is 7.85. The van der Waals surface area contributed by atoms with E-state index in [1.807, 2.05) is 0 Å². The van der Waals surface area contributed by atoms with E-state index in [4.69, 9.17) is 5.73 Å².